The molecule has 2 aromatic heterocycles. The highest BCUT2D eigenvalue weighted by molar-refractivity contribution is 5.97. The summed E-state index contributed by atoms with van der Waals surface area (Å²) >= 11 is 0. The van der Waals surface area contributed by atoms with E-state index in [-0.39, 0.29) is 18.9 Å². The number of benzene rings is 1. The largest absolute Gasteiger partial charge is 0.454 e. The van der Waals surface area contributed by atoms with Gasteiger partial charge in [-0.2, -0.15) is 0 Å². The van der Waals surface area contributed by atoms with Gasteiger partial charge in [0.1, 0.15) is 5.56 Å². The molecule has 126 valence electrons. The number of hydrogen-bond donors (Lipinski definition) is 2. The van der Waals surface area contributed by atoms with Crippen molar-refractivity contribution in [2.45, 2.75) is 13.5 Å². The van der Waals surface area contributed by atoms with Crippen LogP contribution in [0.1, 0.15) is 21.6 Å². The molecule has 7 nitrogen and oxygen atoms in total. The summed E-state index contributed by atoms with van der Waals surface area (Å²) in [6.07, 6.45) is 1.62. The number of amides is 1. The molecule has 0 atom stereocenters. The molecule has 3 aromatic rings. The van der Waals surface area contributed by atoms with Gasteiger partial charge in [-0.05, 0) is 36.8 Å². The van der Waals surface area contributed by atoms with Crippen LogP contribution < -0.4 is 20.3 Å². The number of rotatable bonds is 3. The number of carbonyl (C=O) groups is 1. The molecule has 0 saturated carbocycles. The Balaban J connectivity index is 1.57. The van der Waals surface area contributed by atoms with Gasteiger partial charge >= 0.3 is 0 Å². The molecular formula is C18H15N3O4. The van der Waals surface area contributed by atoms with Crippen LogP contribution in [-0.4, -0.2) is 22.7 Å². The van der Waals surface area contributed by atoms with Gasteiger partial charge in [-0.15, -0.1) is 0 Å². The maximum Gasteiger partial charge on any atom is 0.261 e. The molecule has 1 aromatic carbocycles. The molecule has 3 heterocycles. The summed E-state index contributed by atoms with van der Waals surface area (Å²) in [7, 11) is 0. The number of H-pyrrole nitrogens is 1. The summed E-state index contributed by atoms with van der Waals surface area (Å²) in [5, 5.41) is 3.50. The summed E-state index contributed by atoms with van der Waals surface area (Å²) < 4.78 is 10.6. The number of aryl methyl sites for hydroxylation is 1. The average Bonchev–Trinajstić information content (AvgIpc) is 3.07. The van der Waals surface area contributed by atoms with Crippen LogP contribution in [0.2, 0.25) is 0 Å². The third-order valence-corrected chi connectivity index (χ3v) is 4.11. The summed E-state index contributed by atoms with van der Waals surface area (Å²) in [6, 6.07) is 8.72. The van der Waals surface area contributed by atoms with Gasteiger partial charge in [0.2, 0.25) is 6.79 Å². The van der Waals surface area contributed by atoms with E-state index < -0.39 is 11.5 Å². The van der Waals surface area contributed by atoms with E-state index >= 15 is 0 Å². The van der Waals surface area contributed by atoms with Crippen molar-refractivity contribution >= 4 is 16.8 Å². The molecule has 4 rings (SSSR count). The molecule has 25 heavy (non-hydrogen) atoms. The number of aromatic nitrogens is 2. The predicted octanol–water partition coefficient (Wildman–Crippen LogP) is 1.89. The minimum absolute atomic E-state index is 0.0596. The van der Waals surface area contributed by atoms with Crippen LogP contribution in [0.15, 0.2) is 41.3 Å². The molecule has 0 unspecified atom stereocenters. The van der Waals surface area contributed by atoms with E-state index in [0.717, 1.165) is 16.6 Å². The quantitative estimate of drug-likeness (QED) is 0.761. The monoisotopic (exact) mass is 337 g/mol. The van der Waals surface area contributed by atoms with E-state index in [1.54, 1.807) is 30.5 Å². The summed E-state index contributed by atoms with van der Waals surface area (Å²) in [4.78, 5) is 31.5. The predicted molar refractivity (Wildman–Crippen MR) is 90.8 cm³/mol. The maximum atomic E-state index is 12.4. The van der Waals surface area contributed by atoms with Gasteiger partial charge in [-0.1, -0.05) is 6.07 Å². The number of carbonyl (C=O) groups excluding carboxylic acids is 1. The highest BCUT2D eigenvalue weighted by Gasteiger charge is 2.15. The fourth-order valence-electron chi connectivity index (χ4n) is 2.77. The number of fused-ring (bicyclic) bond motifs is 2. The summed E-state index contributed by atoms with van der Waals surface area (Å²) in [6.45, 7) is 2.30. The number of pyridine rings is 2. The molecule has 2 N–H and O–H groups in total. The fraction of sp³-hybridized carbons (Fsp3) is 0.167. The van der Waals surface area contributed by atoms with E-state index in [4.69, 9.17) is 9.47 Å². The van der Waals surface area contributed by atoms with E-state index in [1.165, 1.54) is 0 Å². The van der Waals surface area contributed by atoms with Crippen LogP contribution in [-0.2, 0) is 6.54 Å². The number of nitrogens with one attached hydrogen (secondary N) is 2. The zero-order chi connectivity index (χ0) is 17.4. The third kappa shape index (κ3) is 2.80. The van der Waals surface area contributed by atoms with Crippen LogP contribution in [0.4, 0.5) is 0 Å². The van der Waals surface area contributed by atoms with Crippen LogP contribution >= 0.6 is 0 Å². The number of nitrogens with zero attached hydrogens (tertiary/aromatic N) is 1. The minimum atomic E-state index is -0.441. The molecule has 0 radical (unpaired) electrons. The van der Waals surface area contributed by atoms with Gasteiger partial charge in [0.05, 0.1) is 5.52 Å². The molecule has 0 saturated heterocycles. The minimum Gasteiger partial charge on any atom is -0.454 e. The average molecular weight is 337 g/mol. The highest BCUT2D eigenvalue weighted by atomic mass is 16.7. The topological polar surface area (TPSA) is 93.3 Å². The lowest BCUT2D eigenvalue weighted by molar-refractivity contribution is 0.0949. The lowest BCUT2D eigenvalue weighted by Crippen LogP contribution is -2.29. The lowest BCUT2D eigenvalue weighted by atomic mass is 10.1. The van der Waals surface area contributed by atoms with Crippen molar-refractivity contribution in [3.8, 4) is 11.5 Å². The normalized spacial score (nSPS) is 12.4. The van der Waals surface area contributed by atoms with E-state index in [2.05, 4.69) is 15.3 Å². The second-order valence-electron chi connectivity index (χ2n) is 5.74. The van der Waals surface area contributed by atoms with Gasteiger partial charge in [0, 0.05) is 23.8 Å². The van der Waals surface area contributed by atoms with E-state index in [1.807, 2.05) is 13.0 Å². The molecule has 0 fully saturated rings. The Morgan fingerprint density at radius 2 is 2.08 bits per heavy atom. The fourth-order valence-corrected chi connectivity index (χ4v) is 2.77. The smallest absolute Gasteiger partial charge is 0.261 e. The Kier molecular flexibility index (Phi) is 3.61. The van der Waals surface area contributed by atoms with Crippen molar-refractivity contribution in [2.75, 3.05) is 6.79 Å². The Morgan fingerprint density at radius 1 is 1.24 bits per heavy atom. The van der Waals surface area contributed by atoms with Gasteiger partial charge in [0.15, 0.2) is 11.5 Å². The standard InChI is InChI=1S/C18H15N3O4/c1-10-12-7-13(18(23)21-14(12)4-5-19-10)17(22)20-8-11-2-3-15-16(6-11)25-9-24-15/h2-7H,8-9H2,1H3,(H,20,22)(H,21,23). The van der Waals surface area contributed by atoms with Crippen molar-refractivity contribution in [1.82, 2.24) is 15.3 Å². The van der Waals surface area contributed by atoms with Gasteiger partial charge in [0.25, 0.3) is 11.5 Å². The highest BCUT2D eigenvalue weighted by Crippen LogP contribution is 2.32. The first-order valence-corrected chi connectivity index (χ1v) is 7.77. The molecule has 0 aliphatic carbocycles. The molecule has 1 amide bonds. The second-order valence-corrected chi connectivity index (χ2v) is 5.74. The van der Waals surface area contributed by atoms with Crippen LogP contribution in [0.25, 0.3) is 10.9 Å². The van der Waals surface area contributed by atoms with Gasteiger partial charge in [-0.3, -0.25) is 14.6 Å². The van der Waals surface area contributed by atoms with E-state index in [0.29, 0.717) is 17.0 Å². The third-order valence-electron chi connectivity index (χ3n) is 4.11. The first-order valence-electron chi connectivity index (χ1n) is 7.77. The Morgan fingerprint density at radius 3 is 2.96 bits per heavy atom. The van der Waals surface area contributed by atoms with Crippen molar-refractivity contribution in [3.05, 3.63) is 63.7 Å². The summed E-state index contributed by atoms with van der Waals surface area (Å²) in [5.41, 5.74) is 1.89. The molecule has 7 heteroatoms. The second kappa shape index (κ2) is 5.94. The van der Waals surface area contributed by atoms with Crippen molar-refractivity contribution < 1.29 is 14.3 Å². The zero-order valence-corrected chi connectivity index (χ0v) is 13.5. The van der Waals surface area contributed by atoms with Gasteiger partial charge in [-0.25, -0.2) is 0 Å². The van der Waals surface area contributed by atoms with Crippen molar-refractivity contribution in [2.24, 2.45) is 0 Å². The molecule has 0 bridgehead atoms. The van der Waals surface area contributed by atoms with E-state index in [9.17, 15) is 9.59 Å². The Labute approximate surface area is 142 Å². The van der Waals surface area contributed by atoms with Crippen molar-refractivity contribution in [1.29, 1.82) is 0 Å². The molecular weight excluding hydrogens is 322 g/mol. The number of ether oxygens (including phenoxy) is 2. The summed E-state index contributed by atoms with van der Waals surface area (Å²) in [5.74, 6) is 0.894. The first-order chi connectivity index (χ1) is 12.1. The number of hydrogen-bond acceptors (Lipinski definition) is 5. The molecule has 1 aliphatic heterocycles. The lowest BCUT2D eigenvalue weighted by Gasteiger charge is -2.07. The molecule has 0 spiro atoms. The first kappa shape index (κ1) is 15.2. The van der Waals surface area contributed by atoms with Crippen LogP contribution in [0.5, 0.6) is 11.5 Å². The SMILES string of the molecule is Cc1nccc2[nH]c(=O)c(C(=O)NCc3ccc4c(c3)OCO4)cc12. The van der Waals surface area contributed by atoms with Gasteiger partial charge < -0.3 is 19.8 Å². The van der Waals surface area contributed by atoms with Crippen LogP contribution in [0.3, 0.4) is 0 Å². The maximum absolute atomic E-state index is 12.4. The Hall–Kier alpha value is -3.35. The van der Waals surface area contributed by atoms with Crippen LogP contribution in [0, 0.1) is 6.92 Å². The zero-order valence-electron chi connectivity index (χ0n) is 13.5. The molecule has 1 aliphatic rings. The Bertz CT molecular complexity index is 1040. The van der Waals surface area contributed by atoms with Crippen molar-refractivity contribution in [3.63, 3.8) is 0 Å². The number of aromatic amines is 1.